The van der Waals surface area contributed by atoms with Gasteiger partial charge in [-0.2, -0.15) is 0 Å². The summed E-state index contributed by atoms with van der Waals surface area (Å²) in [6, 6.07) is 8.34. The molecular formula is C14H24N2O2. The number of para-hydroxylation sites is 1. The minimum absolute atomic E-state index is 0.174. The predicted molar refractivity (Wildman–Crippen MR) is 75.0 cm³/mol. The molecule has 0 unspecified atom stereocenters. The summed E-state index contributed by atoms with van der Waals surface area (Å²) in [7, 11) is 5.79. The lowest BCUT2D eigenvalue weighted by atomic mass is 10.1. The normalized spacial score (nSPS) is 10.9. The maximum atomic E-state index is 9.10. The van der Waals surface area contributed by atoms with Gasteiger partial charge in [-0.3, -0.25) is 4.90 Å². The molecule has 1 N–H and O–H groups in total. The molecule has 0 fully saturated rings. The standard InChI is InChI=1S/C14H24N2O2/c1-15(2)14-7-5-4-6-13(14)12-16(8-10-17)9-11-18-3/h4-7,17H,8-12H2,1-3H3. The molecule has 0 saturated heterocycles. The molecule has 0 aromatic heterocycles. The van der Waals surface area contributed by atoms with Crippen molar-refractivity contribution in [2.24, 2.45) is 0 Å². The van der Waals surface area contributed by atoms with Crippen molar-refractivity contribution >= 4 is 5.69 Å². The highest BCUT2D eigenvalue weighted by Gasteiger charge is 2.09. The Morgan fingerprint density at radius 1 is 1.17 bits per heavy atom. The van der Waals surface area contributed by atoms with Crippen LogP contribution in [0.4, 0.5) is 5.69 Å². The van der Waals surface area contributed by atoms with Crippen LogP contribution in [0, 0.1) is 0 Å². The average molecular weight is 252 g/mol. The van der Waals surface area contributed by atoms with Gasteiger partial charge in [0.1, 0.15) is 0 Å². The van der Waals surface area contributed by atoms with E-state index in [0.29, 0.717) is 13.2 Å². The van der Waals surface area contributed by atoms with Crippen LogP contribution in [0.1, 0.15) is 5.56 Å². The molecule has 1 rings (SSSR count). The molecule has 1 aromatic rings. The van der Waals surface area contributed by atoms with Crippen molar-refractivity contribution in [1.29, 1.82) is 0 Å². The summed E-state index contributed by atoms with van der Waals surface area (Å²) in [5, 5.41) is 9.10. The molecule has 0 radical (unpaired) electrons. The zero-order valence-electron chi connectivity index (χ0n) is 11.6. The SMILES string of the molecule is COCCN(CCO)Cc1ccccc1N(C)C. The van der Waals surface area contributed by atoms with E-state index in [4.69, 9.17) is 9.84 Å². The van der Waals surface area contributed by atoms with E-state index in [2.05, 4.69) is 28.0 Å². The van der Waals surface area contributed by atoms with E-state index >= 15 is 0 Å². The van der Waals surface area contributed by atoms with Gasteiger partial charge in [0.2, 0.25) is 0 Å². The first-order valence-corrected chi connectivity index (χ1v) is 6.26. The summed E-state index contributed by atoms with van der Waals surface area (Å²) < 4.78 is 5.10. The molecule has 1 aromatic carbocycles. The zero-order valence-corrected chi connectivity index (χ0v) is 11.6. The largest absolute Gasteiger partial charge is 0.395 e. The molecule has 0 bridgehead atoms. The second-order valence-electron chi connectivity index (χ2n) is 4.52. The molecule has 0 aliphatic heterocycles. The van der Waals surface area contributed by atoms with E-state index in [9.17, 15) is 0 Å². The Balaban J connectivity index is 2.73. The number of anilines is 1. The monoisotopic (exact) mass is 252 g/mol. The molecule has 0 spiro atoms. The Bertz CT molecular complexity index is 342. The van der Waals surface area contributed by atoms with Gasteiger partial charge in [0.25, 0.3) is 0 Å². The van der Waals surface area contributed by atoms with Gasteiger partial charge in [-0.15, -0.1) is 0 Å². The number of aliphatic hydroxyl groups excluding tert-OH is 1. The van der Waals surface area contributed by atoms with E-state index in [0.717, 1.165) is 13.1 Å². The van der Waals surface area contributed by atoms with Crippen molar-refractivity contribution in [3.05, 3.63) is 29.8 Å². The van der Waals surface area contributed by atoms with E-state index in [1.165, 1.54) is 11.3 Å². The van der Waals surface area contributed by atoms with Crippen molar-refractivity contribution < 1.29 is 9.84 Å². The van der Waals surface area contributed by atoms with Gasteiger partial charge < -0.3 is 14.7 Å². The Morgan fingerprint density at radius 2 is 1.89 bits per heavy atom. The molecule has 0 heterocycles. The third kappa shape index (κ3) is 4.64. The lowest BCUT2D eigenvalue weighted by molar-refractivity contribution is 0.127. The van der Waals surface area contributed by atoms with Crippen molar-refractivity contribution in [1.82, 2.24) is 4.90 Å². The maximum Gasteiger partial charge on any atom is 0.0589 e. The number of benzene rings is 1. The fraction of sp³-hybridized carbons (Fsp3) is 0.571. The molecule has 0 aliphatic rings. The molecule has 4 heteroatoms. The molecule has 18 heavy (non-hydrogen) atoms. The maximum absolute atomic E-state index is 9.10. The summed E-state index contributed by atoms with van der Waals surface area (Å²) in [6.07, 6.45) is 0. The van der Waals surface area contributed by atoms with Crippen LogP contribution in [0.5, 0.6) is 0 Å². The number of hydrogen-bond donors (Lipinski definition) is 1. The predicted octanol–water partition coefficient (Wildman–Crippen LogP) is 1.19. The molecule has 0 saturated carbocycles. The Kier molecular flexibility index (Phi) is 6.72. The highest BCUT2D eigenvalue weighted by atomic mass is 16.5. The minimum Gasteiger partial charge on any atom is -0.395 e. The fourth-order valence-corrected chi connectivity index (χ4v) is 1.95. The van der Waals surface area contributed by atoms with Crippen LogP contribution < -0.4 is 4.90 Å². The van der Waals surface area contributed by atoms with Gasteiger partial charge in [0, 0.05) is 46.5 Å². The second-order valence-corrected chi connectivity index (χ2v) is 4.52. The van der Waals surface area contributed by atoms with Gasteiger partial charge in [-0.1, -0.05) is 18.2 Å². The van der Waals surface area contributed by atoms with Crippen LogP contribution in [-0.4, -0.2) is 57.5 Å². The molecule has 0 atom stereocenters. The lowest BCUT2D eigenvalue weighted by Gasteiger charge is -2.24. The Hall–Kier alpha value is -1.10. The number of hydrogen-bond acceptors (Lipinski definition) is 4. The minimum atomic E-state index is 0.174. The molecular weight excluding hydrogens is 228 g/mol. The molecule has 0 aliphatic carbocycles. The zero-order chi connectivity index (χ0) is 13.4. The van der Waals surface area contributed by atoms with Crippen LogP contribution in [-0.2, 0) is 11.3 Å². The molecule has 0 amide bonds. The van der Waals surface area contributed by atoms with E-state index in [-0.39, 0.29) is 6.61 Å². The van der Waals surface area contributed by atoms with Crippen LogP contribution in [0.25, 0.3) is 0 Å². The van der Waals surface area contributed by atoms with Crippen molar-refractivity contribution in [2.45, 2.75) is 6.54 Å². The number of nitrogens with zero attached hydrogens (tertiary/aromatic N) is 2. The van der Waals surface area contributed by atoms with Crippen molar-refractivity contribution in [3.63, 3.8) is 0 Å². The molecule has 4 nitrogen and oxygen atoms in total. The summed E-state index contributed by atoms with van der Waals surface area (Å²) in [5.74, 6) is 0. The third-order valence-corrected chi connectivity index (χ3v) is 2.90. The van der Waals surface area contributed by atoms with Crippen molar-refractivity contribution in [3.8, 4) is 0 Å². The first-order valence-electron chi connectivity index (χ1n) is 6.26. The average Bonchev–Trinajstić information content (AvgIpc) is 2.36. The highest BCUT2D eigenvalue weighted by molar-refractivity contribution is 5.52. The first kappa shape index (κ1) is 15.0. The van der Waals surface area contributed by atoms with E-state index in [1.807, 2.05) is 20.2 Å². The van der Waals surface area contributed by atoms with Gasteiger partial charge in [-0.25, -0.2) is 0 Å². The number of ether oxygens (including phenoxy) is 1. The highest BCUT2D eigenvalue weighted by Crippen LogP contribution is 2.19. The third-order valence-electron chi connectivity index (χ3n) is 2.90. The van der Waals surface area contributed by atoms with Crippen molar-refractivity contribution in [2.75, 3.05) is 52.4 Å². The summed E-state index contributed by atoms with van der Waals surface area (Å²) >= 11 is 0. The Labute approximate surface area is 110 Å². The summed E-state index contributed by atoms with van der Waals surface area (Å²) in [4.78, 5) is 4.31. The fourth-order valence-electron chi connectivity index (χ4n) is 1.95. The summed E-state index contributed by atoms with van der Waals surface area (Å²) in [6.45, 7) is 3.19. The van der Waals surface area contributed by atoms with Crippen LogP contribution >= 0.6 is 0 Å². The first-order chi connectivity index (χ1) is 8.69. The quantitative estimate of drug-likeness (QED) is 0.754. The second kappa shape index (κ2) is 8.08. The molecule has 102 valence electrons. The summed E-state index contributed by atoms with van der Waals surface area (Å²) in [5.41, 5.74) is 2.49. The number of methoxy groups -OCH3 is 1. The topological polar surface area (TPSA) is 35.9 Å². The van der Waals surface area contributed by atoms with Gasteiger partial charge >= 0.3 is 0 Å². The van der Waals surface area contributed by atoms with Gasteiger partial charge in [-0.05, 0) is 11.6 Å². The number of rotatable bonds is 8. The Morgan fingerprint density at radius 3 is 2.50 bits per heavy atom. The lowest BCUT2D eigenvalue weighted by Crippen LogP contribution is -2.30. The van der Waals surface area contributed by atoms with E-state index < -0.39 is 0 Å². The van der Waals surface area contributed by atoms with Crippen LogP contribution in [0.15, 0.2) is 24.3 Å². The van der Waals surface area contributed by atoms with Gasteiger partial charge in [0.05, 0.1) is 13.2 Å². The number of aliphatic hydroxyl groups is 1. The van der Waals surface area contributed by atoms with Gasteiger partial charge in [0.15, 0.2) is 0 Å². The van der Waals surface area contributed by atoms with Crippen LogP contribution in [0.2, 0.25) is 0 Å². The van der Waals surface area contributed by atoms with Crippen LogP contribution in [0.3, 0.4) is 0 Å². The smallest absolute Gasteiger partial charge is 0.0589 e. The van der Waals surface area contributed by atoms with E-state index in [1.54, 1.807) is 7.11 Å².